The summed E-state index contributed by atoms with van der Waals surface area (Å²) in [4.78, 5) is 0. The molecule has 0 amide bonds. The number of fused-ring (bicyclic) bond motifs is 1. The summed E-state index contributed by atoms with van der Waals surface area (Å²) in [6.45, 7) is 2.29. The summed E-state index contributed by atoms with van der Waals surface area (Å²) in [5, 5.41) is -0.565. The van der Waals surface area contributed by atoms with Crippen LogP contribution in [0.1, 0.15) is 18.9 Å². The lowest BCUT2D eigenvalue weighted by molar-refractivity contribution is 0.413. The summed E-state index contributed by atoms with van der Waals surface area (Å²) >= 11 is 0. The lowest BCUT2D eigenvalue weighted by Crippen LogP contribution is -2.41. The molecule has 1 aliphatic heterocycles. The number of hydrogen-bond donors (Lipinski definition) is 3. The summed E-state index contributed by atoms with van der Waals surface area (Å²) in [7, 11) is -3.37. The van der Waals surface area contributed by atoms with E-state index in [4.69, 9.17) is 5.73 Å². The average molecular weight is 368 g/mol. The number of rotatable bonds is 4. The van der Waals surface area contributed by atoms with Crippen molar-refractivity contribution in [2.75, 3.05) is 10.8 Å². The minimum absolute atomic E-state index is 0.0695. The van der Waals surface area contributed by atoms with Gasteiger partial charge < -0.3 is 5.73 Å². The molecule has 0 aliphatic carbocycles. The lowest BCUT2D eigenvalue weighted by atomic mass is 9.96. The highest BCUT2D eigenvalue weighted by molar-refractivity contribution is 8.26. The average Bonchev–Trinajstić information content (AvgIpc) is 2.55. The first-order valence-electron chi connectivity index (χ1n) is 8.16. The van der Waals surface area contributed by atoms with Gasteiger partial charge in [-0.2, -0.15) is 0 Å². The third-order valence-electron chi connectivity index (χ3n) is 4.68. The van der Waals surface area contributed by atoms with Gasteiger partial charge in [-0.25, -0.2) is 13.1 Å². The molecule has 2 aromatic carbocycles. The van der Waals surface area contributed by atoms with Crippen molar-refractivity contribution in [3.8, 4) is 0 Å². The number of hydrogen-bond acceptors (Lipinski definition) is 4. The molecule has 1 aliphatic rings. The topological polar surface area (TPSA) is 69.7 Å². The van der Waals surface area contributed by atoms with Gasteiger partial charge in [-0.3, -0.25) is 9.11 Å². The fourth-order valence-electron chi connectivity index (χ4n) is 3.38. The molecular weight excluding hydrogens is 346 g/mol. The zero-order valence-corrected chi connectivity index (χ0v) is 14.7. The Balaban J connectivity index is 2.18. The Kier molecular flexibility index (Phi) is 5.02. The Bertz CT molecular complexity index is 772. The second-order valence-corrected chi connectivity index (χ2v) is 8.47. The van der Waals surface area contributed by atoms with Gasteiger partial charge >= 0.3 is 0 Å². The largest absolute Gasteiger partial charge is 0.330 e. The van der Waals surface area contributed by atoms with E-state index >= 15 is 0 Å². The van der Waals surface area contributed by atoms with Gasteiger partial charge in [-0.1, -0.05) is 19.1 Å². The normalized spacial score (nSPS) is 21.5. The molecule has 0 saturated heterocycles. The number of anilines is 2. The summed E-state index contributed by atoms with van der Waals surface area (Å²) in [6, 6.07) is 10.0. The number of nitrogens with zero attached hydrogens (tertiary/aromatic N) is 1. The SMILES string of the molecule is CC(CCN)C1Cc2cc(F)ccc2N(c2ccccc2F)S1(O)O. The molecule has 136 valence electrons. The van der Waals surface area contributed by atoms with Crippen LogP contribution < -0.4 is 10.0 Å². The summed E-state index contributed by atoms with van der Waals surface area (Å²) in [6.07, 6.45) is 0.901. The van der Waals surface area contributed by atoms with Crippen LogP contribution in [-0.2, 0) is 6.42 Å². The van der Waals surface area contributed by atoms with E-state index in [1.807, 2.05) is 6.92 Å². The first kappa shape index (κ1) is 18.1. The number of halogens is 2. The van der Waals surface area contributed by atoms with E-state index in [1.54, 1.807) is 6.07 Å². The smallest absolute Gasteiger partial charge is 0.148 e. The maximum atomic E-state index is 14.4. The Hall–Kier alpha value is -1.67. The van der Waals surface area contributed by atoms with Gasteiger partial charge in [0.15, 0.2) is 0 Å². The highest BCUT2D eigenvalue weighted by atomic mass is 32.3. The predicted molar refractivity (Wildman–Crippen MR) is 98.1 cm³/mol. The highest BCUT2D eigenvalue weighted by Gasteiger charge is 2.42. The Morgan fingerprint density at radius 3 is 2.60 bits per heavy atom. The van der Waals surface area contributed by atoms with Crippen LogP contribution >= 0.6 is 10.8 Å². The van der Waals surface area contributed by atoms with Crippen LogP contribution in [0.3, 0.4) is 0 Å². The zero-order chi connectivity index (χ0) is 18.2. The molecule has 0 fully saturated rings. The molecule has 3 rings (SSSR count). The molecule has 7 heteroatoms. The Morgan fingerprint density at radius 1 is 1.20 bits per heavy atom. The molecule has 1 heterocycles. The molecule has 0 radical (unpaired) electrons. The summed E-state index contributed by atoms with van der Waals surface area (Å²) < 4.78 is 51.5. The van der Waals surface area contributed by atoms with Gasteiger partial charge in [0.05, 0.1) is 16.6 Å². The van der Waals surface area contributed by atoms with Crippen LogP contribution in [0.15, 0.2) is 42.5 Å². The van der Waals surface area contributed by atoms with Gasteiger partial charge in [0.1, 0.15) is 11.6 Å². The first-order valence-corrected chi connectivity index (χ1v) is 9.73. The quantitative estimate of drug-likeness (QED) is 0.733. The van der Waals surface area contributed by atoms with Crippen molar-refractivity contribution in [1.82, 2.24) is 0 Å². The van der Waals surface area contributed by atoms with E-state index in [2.05, 4.69) is 0 Å². The van der Waals surface area contributed by atoms with Gasteiger partial charge in [0.25, 0.3) is 0 Å². The van der Waals surface area contributed by atoms with Gasteiger partial charge in [0.2, 0.25) is 0 Å². The van der Waals surface area contributed by atoms with E-state index in [0.717, 1.165) is 0 Å². The molecular formula is C18H22F2N2O2S. The molecule has 4 N–H and O–H groups in total. The van der Waals surface area contributed by atoms with E-state index in [-0.39, 0.29) is 11.6 Å². The first-order chi connectivity index (χ1) is 11.9. The van der Waals surface area contributed by atoms with Crippen molar-refractivity contribution >= 4 is 22.2 Å². The number of nitrogens with two attached hydrogens (primary N) is 1. The standard InChI is InChI=1S/C18H22F2N2O2S/c1-12(8-9-21)18-11-13-10-14(19)6-7-16(13)22(25(18,23)24)17-5-3-2-4-15(17)20/h2-7,10,12,18,23-24H,8-9,11,21H2,1H3. The van der Waals surface area contributed by atoms with E-state index in [1.165, 1.54) is 40.7 Å². The van der Waals surface area contributed by atoms with Gasteiger partial charge in [0, 0.05) is 0 Å². The molecule has 2 atom stereocenters. The highest BCUT2D eigenvalue weighted by Crippen LogP contribution is 2.62. The molecule has 2 unspecified atom stereocenters. The van der Waals surface area contributed by atoms with Crippen LogP contribution in [0.4, 0.5) is 20.2 Å². The Morgan fingerprint density at radius 2 is 1.92 bits per heavy atom. The van der Waals surface area contributed by atoms with Crippen LogP contribution in [0.25, 0.3) is 0 Å². The molecule has 0 spiro atoms. The third-order valence-corrected chi connectivity index (χ3v) is 7.06. The van der Waals surface area contributed by atoms with E-state index in [9.17, 15) is 17.9 Å². The summed E-state index contributed by atoms with van der Waals surface area (Å²) in [5.74, 6) is -1.08. The maximum Gasteiger partial charge on any atom is 0.148 e. The van der Waals surface area contributed by atoms with Crippen molar-refractivity contribution in [2.45, 2.75) is 25.0 Å². The van der Waals surface area contributed by atoms with Crippen LogP contribution in [0.5, 0.6) is 0 Å². The van der Waals surface area contributed by atoms with Crippen LogP contribution in [0.2, 0.25) is 0 Å². The van der Waals surface area contributed by atoms with Crippen LogP contribution in [0, 0.1) is 17.6 Å². The molecule has 0 aromatic heterocycles. The molecule has 4 nitrogen and oxygen atoms in total. The van der Waals surface area contributed by atoms with Crippen LogP contribution in [-0.4, -0.2) is 20.9 Å². The monoisotopic (exact) mass is 368 g/mol. The second-order valence-electron chi connectivity index (χ2n) is 6.38. The molecule has 0 bridgehead atoms. The fourth-order valence-corrected chi connectivity index (χ4v) is 5.72. The lowest BCUT2D eigenvalue weighted by Gasteiger charge is -2.54. The summed E-state index contributed by atoms with van der Waals surface area (Å²) in [5.41, 5.74) is 6.74. The third kappa shape index (κ3) is 3.25. The van der Waals surface area contributed by atoms with Crippen molar-refractivity contribution in [1.29, 1.82) is 0 Å². The molecule has 25 heavy (non-hydrogen) atoms. The maximum absolute atomic E-state index is 14.4. The van der Waals surface area contributed by atoms with Crippen molar-refractivity contribution < 1.29 is 17.9 Å². The molecule has 2 aromatic rings. The van der Waals surface area contributed by atoms with Crippen molar-refractivity contribution in [2.24, 2.45) is 11.7 Å². The number of para-hydroxylation sites is 1. The number of benzene rings is 2. The van der Waals surface area contributed by atoms with Gasteiger partial charge in [-0.15, -0.1) is 10.8 Å². The predicted octanol–water partition coefficient (Wildman–Crippen LogP) is 4.68. The minimum Gasteiger partial charge on any atom is -0.330 e. The van der Waals surface area contributed by atoms with Crippen molar-refractivity contribution in [3.63, 3.8) is 0 Å². The van der Waals surface area contributed by atoms with Crippen molar-refractivity contribution in [3.05, 3.63) is 59.7 Å². The van der Waals surface area contributed by atoms with E-state index in [0.29, 0.717) is 30.6 Å². The second kappa shape index (κ2) is 6.92. The zero-order valence-electron chi connectivity index (χ0n) is 13.9. The van der Waals surface area contributed by atoms with E-state index < -0.39 is 27.7 Å². The van der Waals surface area contributed by atoms with Gasteiger partial charge in [-0.05, 0) is 61.2 Å². The Labute approximate surface area is 147 Å². The molecule has 0 saturated carbocycles. The minimum atomic E-state index is -3.37. The fraction of sp³-hybridized carbons (Fsp3) is 0.333.